The summed E-state index contributed by atoms with van der Waals surface area (Å²) in [7, 11) is 0. The predicted molar refractivity (Wildman–Crippen MR) is 78.5 cm³/mol. The average Bonchev–Trinajstić information content (AvgIpc) is 2.41. The molecule has 0 bridgehead atoms. The Hall–Kier alpha value is -1.18. The number of anilines is 2. The van der Waals surface area contributed by atoms with Crippen molar-refractivity contribution in [2.75, 3.05) is 23.3 Å². The molecule has 0 amide bonds. The Kier molecular flexibility index (Phi) is 3.19. The van der Waals surface area contributed by atoms with Crippen LogP contribution in [0.5, 0.6) is 0 Å². The molecule has 2 heterocycles. The number of nitrogens with zero attached hydrogens (tertiary/aromatic N) is 1. The lowest BCUT2D eigenvalue weighted by Gasteiger charge is -2.40. The van der Waals surface area contributed by atoms with E-state index in [9.17, 15) is 0 Å². The minimum Gasteiger partial charge on any atom is -0.383 e. The van der Waals surface area contributed by atoms with Crippen molar-refractivity contribution < 1.29 is 0 Å². The van der Waals surface area contributed by atoms with Crippen LogP contribution in [0.3, 0.4) is 0 Å². The molecule has 1 aromatic rings. The number of hydrogen-bond acceptors (Lipinski definition) is 2. The standard InChI is InChI=1S/C16H24N2/c1-12-8-9-13(2)18(11-12)15-7-3-5-14-6-4-10-17-16(14)15/h3,5,7,12-13,17H,4,6,8-11H2,1-2H3. The molecule has 98 valence electrons. The Balaban J connectivity index is 1.95. The van der Waals surface area contributed by atoms with Crippen molar-refractivity contribution in [1.82, 2.24) is 0 Å². The molecule has 2 atom stereocenters. The average molecular weight is 244 g/mol. The molecule has 0 aromatic heterocycles. The lowest BCUT2D eigenvalue weighted by atomic mass is 9.93. The van der Waals surface area contributed by atoms with Crippen molar-refractivity contribution in [3.05, 3.63) is 23.8 Å². The number of rotatable bonds is 1. The van der Waals surface area contributed by atoms with E-state index in [4.69, 9.17) is 0 Å². The largest absolute Gasteiger partial charge is 0.383 e. The smallest absolute Gasteiger partial charge is 0.0610 e. The van der Waals surface area contributed by atoms with Gasteiger partial charge in [-0.25, -0.2) is 0 Å². The highest BCUT2D eigenvalue weighted by molar-refractivity contribution is 5.75. The summed E-state index contributed by atoms with van der Waals surface area (Å²) >= 11 is 0. The van der Waals surface area contributed by atoms with Crippen molar-refractivity contribution in [3.63, 3.8) is 0 Å². The van der Waals surface area contributed by atoms with Crippen molar-refractivity contribution in [1.29, 1.82) is 0 Å². The lowest BCUT2D eigenvalue weighted by Crippen LogP contribution is -2.41. The molecule has 1 N–H and O–H groups in total. The molecule has 0 radical (unpaired) electrons. The van der Waals surface area contributed by atoms with Gasteiger partial charge in [0.05, 0.1) is 11.4 Å². The molecule has 0 spiro atoms. The highest BCUT2D eigenvalue weighted by Crippen LogP contribution is 2.36. The molecule has 2 aliphatic heterocycles. The topological polar surface area (TPSA) is 15.3 Å². The summed E-state index contributed by atoms with van der Waals surface area (Å²) < 4.78 is 0. The first-order valence-corrected chi connectivity index (χ1v) is 7.38. The van der Waals surface area contributed by atoms with Gasteiger partial charge < -0.3 is 10.2 Å². The molecule has 1 aromatic carbocycles. The van der Waals surface area contributed by atoms with E-state index in [1.165, 1.54) is 49.2 Å². The normalized spacial score (nSPS) is 27.6. The molecular formula is C16H24N2. The van der Waals surface area contributed by atoms with Gasteiger partial charge in [-0.1, -0.05) is 19.1 Å². The second-order valence-electron chi connectivity index (χ2n) is 6.03. The number of para-hydroxylation sites is 1. The summed E-state index contributed by atoms with van der Waals surface area (Å²) in [5.41, 5.74) is 4.35. The number of hydrogen-bond donors (Lipinski definition) is 1. The van der Waals surface area contributed by atoms with E-state index in [2.05, 4.69) is 42.3 Å². The molecule has 2 heteroatoms. The van der Waals surface area contributed by atoms with Crippen molar-refractivity contribution >= 4 is 11.4 Å². The molecular weight excluding hydrogens is 220 g/mol. The number of nitrogens with one attached hydrogen (secondary N) is 1. The van der Waals surface area contributed by atoms with Crippen LogP contribution < -0.4 is 10.2 Å². The van der Waals surface area contributed by atoms with Gasteiger partial charge in [-0.15, -0.1) is 0 Å². The first kappa shape index (κ1) is 11.9. The van der Waals surface area contributed by atoms with Gasteiger partial charge in [-0.3, -0.25) is 0 Å². The van der Waals surface area contributed by atoms with Crippen LogP contribution in [0.15, 0.2) is 18.2 Å². The highest BCUT2D eigenvalue weighted by atomic mass is 15.2. The second-order valence-corrected chi connectivity index (χ2v) is 6.03. The fraction of sp³-hybridized carbons (Fsp3) is 0.625. The van der Waals surface area contributed by atoms with Crippen LogP contribution in [0, 0.1) is 5.92 Å². The molecule has 2 nitrogen and oxygen atoms in total. The fourth-order valence-electron chi connectivity index (χ4n) is 3.35. The minimum absolute atomic E-state index is 0.677. The van der Waals surface area contributed by atoms with E-state index in [0.29, 0.717) is 6.04 Å². The number of fused-ring (bicyclic) bond motifs is 1. The maximum Gasteiger partial charge on any atom is 0.0610 e. The summed E-state index contributed by atoms with van der Waals surface area (Å²) in [6.45, 7) is 7.08. The van der Waals surface area contributed by atoms with Gasteiger partial charge in [0.2, 0.25) is 0 Å². The number of piperidine rings is 1. The van der Waals surface area contributed by atoms with Crippen LogP contribution >= 0.6 is 0 Å². The summed E-state index contributed by atoms with van der Waals surface area (Å²) in [4.78, 5) is 2.62. The number of aryl methyl sites for hydroxylation is 1. The van der Waals surface area contributed by atoms with Crippen LogP contribution in [0.1, 0.15) is 38.7 Å². The molecule has 3 rings (SSSR count). The van der Waals surface area contributed by atoms with Crippen molar-refractivity contribution in [2.45, 2.75) is 45.6 Å². The van der Waals surface area contributed by atoms with E-state index in [-0.39, 0.29) is 0 Å². The number of benzene rings is 1. The van der Waals surface area contributed by atoms with Crippen LogP contribution in [0.4, 0.5) is 11.4 Å². The quantitative estimate of drug-likeness (QED) is 0.811. The monoisotopic (exact) mass is 244 g/mol. The van der Waals surface area contributed by atoms with Crippen LogP contribution in [0.25, 0.3) is 0 Å². The van der Waals surface area contributed by atoms with Gasteiger partial charge in [0.1, 0.15) is 0 Å². The first-order chi connectivity index (χ1) is 8.75. The lowest BCUT2D eigenvalue weighted by molar-refractivity contribution is 0.390. The molecule has 1 saturated heterocycles. The van der Waals surface area contributed by atoms with Crippen LogP contribution in [-0.4, -0.2) is 19.1 Å². The Morgan fingerprint density at radius 2 is 2.11 bits per heavy atom. The maximum atomic E-state index is 3.62. The van der Waals surface area contributed by atoms with Crippen LogP contribution in [0.2, 0.25) is 0 Å². The molecule has 2 aliphatic rings. The van der Waals surface area contributed by atoms with Gasteiger partial charge >= 0.3 is 0 Å². The summed E-state index contributed by atoms with van der Waals surface area (Å²) in [6.07, 6.45) is 5.20. The fourth-order valence-corrected chi connectivity index (χ4v) is 3.35. The van der Waals surface area contributed by atoms with Crippen molar-refractivity contribution in [2.24, 2.45) is 5.92 Å². The van der Waals surface area contributed by atoms with Gasteiger partial charge in [-0.2, -0.15) is 0 Å². The Morgan fingerprint density at radius 1 is 1.22 bits per heavy atom. The van der Waals surface area contributed by atoms with Crippen molar-refractivity contribution in [3.8, 4) is 0 Å². The first-order valence-electron chi connectivity index (χ1n) is 7.38. The van der Waals surface area contributed by atoms with Gasteiger partial charge in [0.15, 0.2) is 0 Å². The summed E-state index contributed by atoms with van der Waals surface area (Å²) in [5, 5.41) is 3.62. The second kappa shape index (κ2) is 4.83. The molecule has 0 saturated carbocycles. The molecule has 18 heavy (non-hydrogen) atoms. The van der Waals surface area contributed by atoms with E-state index in [1.807, 2.05) is 0 Å². The molecule has 1 fully saturated rings. The highest BCUT2D eigenvalue weighted by Gasteiger charge is 2.26. The SMILES string of the molecule is CC1CCC(C)N(c2cccc3c2NCCC3)C1. The minimum atomic E-state index is 0.677. The maximum absolute atomic E-state index is 3.62. The van der Waals surface area contributed by atoms with E-state index < -0.39 is 0 Å². The van der Waals surface area contributed by atoms with Crippen LogP contribution in [-0.2, 0) is 6.42 Å². The molecule has 0 aliphatic carbocycles. The Bertz CT molecular complexity index is 427. The third-order valence-electron chi connectivity index (χ3n) is 4.48. The van der Waals surface area contributed by atoms with Gasteiger partial charge in [0.25, 0.3) is 0 Å². The third kappa shape index (κ3) is 2.09. The Labute approximate surface area is 110 Å². The zero-order valence-electron chi connectivity index (χ0n) is 11.6. The van der Waals surface area contributed by atoms with Gasteiger partial charge in [0, 0.05) is 19.1 Å². The summed E-state index contributed by atoms with van der Waals surface area (Å²) in [5.74, 6) is 0.820. The third-order valence-corrected chi connectivity index (χ3v) is 4.48. The molecule has 2 unspecified atom stereocenters. The predicted octanol–water partition coefficient (Wildman–Crippen LogP) is 3.67. The zero-order valence-corrected chi connectivity index (χ0v) is 11.6. The summed E-state index contributed by atoms with van der Waals surface area (Å²) in [6, 6.07) is 7.48. The van der Waals surface area contributed by atoms with Gasteiger partial charge in [-0.05, 0) is 50.2 Å². The van der Waals surface area contributed by atoms with E-state index in [0.717, 1.165) is 12.5 Å². The zero-order chi connectivity index (χ0) is 12.5. The van der Waals surface area contributed by atoms with E-state index in [1.54, 1.807) is 0 Å². The van der Waals surface area contributed by atoms with E-state index >= 15 is 0 Å². The Morgan fingerprint density at radius 3 is 3.00 bits per heavy atom.